The summed E-state index contributed by atoms with van der Waals surface area (Å²) in [5.41, 5.74) is 3.25. The van der Waals surface area contributed by atoms with Gasteiger partial charge in [0.25, 0.3) is 5.91 Å². The fourth-order valence-electron chi connectivity index (χ4n) is 7.33. The Morgan fingerprint density at radius 3 is 2.34 bits per heavy atom. The van der Waals surface area contributed by atoms with Crippen LogP contribution in [0.3, 0.4) is 0 Å². The summed E-state index contributed by atoms with van der Waals surface area (Å²) in [7, 11) is 0. The fourth-order valence-corrected chi connectivity index (χ4v) is 7.80. The SMILES string of the molecule is CC(=O)N1CC2CC(c3ccc(CCCOc4cc(F)ccc4Br)cc3)=C(C(=O)N(Cc3ccccc3CC=O)C3CC3)C(C1)N2C(=O)OC(C)(C)C(Cl)(Cl)Cl. The van der Waals surface area contributed by atoms with Crippen LogP contribution in [0.15, 0.2) is 76.8 Å². The van der Waals surface area contributed by atoms with Gasteiger partial charge in [-0.2, -0.15) is 0 Å². The topological polar surface area (TPSA) is 96.5 Å². The number of hydrogen-bond acceptors (Lipinski definition) is 6. The highest BCUT2D eigenvalue weighted by Crippen LogP contribution is 2.44. The minimum Gasteiger partial charge on any atom is -0.492 e. The summed E-state index contributed by atoms with van der Waals surface area (Å²) in [4.78, 5) is 59.0. The first-order valence-electron chi connectivity index (χ1n) is 18.6. The first-order valence-corrected chi connectivity index (χ1v) is 20.6. The van der Waals surface area contributed by atoms with Crippen molar-refractivity contribution in [3.63, 3.8) is 0 Å². The van der Waals surface area contributed by atoms with E-state index in [-0.39, 0.29) is 56.1 Å². The number of halogens is 5. The van der Waals surface area contributed by atoms with Crippen molar-refractivity contribution in [2.45, 2.75) is 93.4 Å². The number of nitrogens with zero attached hydrogens (tertiary/aromatic N) is 3. The smallest absolute Gasteiger partial charge is 0.411 e. The molecule has 2 heterocycles. The van der Waals surface area contributed by atoms with Gasteiger partial charge in [-0.25, -0.2) is 9.18 Å². The third-order valence-electron chi connectivity index (χ3n) is 10.6. The van der Waals surface area contributed by atoms with Crippen molar-refractivity contribution in [3.8, 4) is 5.75 Å². The van der Waals surface area contributed by atoms with Gasteiger partial charge < -0.3 is 24.1 Å². The second kappa shape index (κ2) is 17.5. The Kier molecular flexibility index (Phi) is 13.1. The Balaban J connectivity index is 1.36. The predicted molar refractivity (Wildman–Crippen MR) is 218 cm³/mol. The number of rotatable bonds is 13. The van der Waals surface area contributed by atoms with Gasteiger partial charge in [0, 0.05) is 50.7 Å². The van der Waals surface area contributed by atoms with Gasteiger partial charge in [-0.3, -0.25) is 14.5 Å². The van der Waals surface area contributed by atoms with Crippen LogP contribution >= 0.6 is 50.7 Å². The number of piperazine rings is 1. The van der Waals surface area contributed by atoms with Crippen LogP contribution in [0, 0.1) is 5.82 Å². The van der Waals surface area contributed by atoms with E-state index in [0.717, 1.165) is 47.0 Å². The maximum Gasteiger partial charge on any atom is 0.411 e. The van der Waals surface area contributed by atoms with E-state index in [4.69, 9.17) is 44.3 Å². The molecule has 2 aliphatic heterocycles. The van der Waals surface area contributed by atoms with Crippen molar-refractivity contribution in [2.75, 3.05) is 19.7 Å². The molecule has 1 saturated heterocycles. The Labute approximate surface area is 350 Å². The zero-order valence-corrected chi connectivity index (χ0v) is 35.3. The molecular formula is C42H44BrCl3FN3O6. The van der Waals surface area contributed by atoms with Crippen LogP contribution in [0.5, 0.6) is 5.75 Å². The van der Waals surface area contributed by atoms with Gasteiger partial charge in [0.2, 0.25) is 9.70 Å². The number of fused-ring (bicyclic) bond motifs is 2. The molecule has 298 valence electrons. The molecule has 3 aromatic rings. The first-order chi connectivity index (χ1) is 26.6. The monoisotopic (exact) mass is 889 g/mol. The van der Waals surface area contributed by atoms with Gasteiger partial charge in [-0.15, -0.1) is 0 Å². The van der Waals surface area contributed by atoms with Gasteiger partial charge in [0.05, 0.1) is 23.2 Å². The Bertz CT molecular complexity index is 2000. The van der Waals surface area contributed by atoms with Crippen molar-refractivity contribution < 1.29 is 33.0 Å². The van der Waals surface area contributed by atoms with E-state index in [1.54, 1.807) is 15.9 Å². The lowest BCUT2D eigenvalue weighted by Gasteiger charge is -2.51. The van der Waals surface area contributed by atoms with Gasteiger partial charge in [-0.1, -0.05) is 83.3 Å². The largest absolute Gasteiger partial charge is 0.492 e. The summed E-state index contributed by atoms with van der Waals surface area (Å²) < 4.78 is 24.1. The highest BCUT2D eigenvalue weighted by molar-refractivity contribution is 9.10. The van der Waals surface area contributed by atoms with Crippen molar-refractivity contribution in [3.05, 3.63) is 105 Å². The summed E-state index contributed by atoms with van der Waals surface area (Å²) in [5, 5.41) is 0. The molecule has 2 fully saturated rings. The summed E-state index contributed by atoms with van der Waals surface area (Å²) in [6.07, 6.45) is 3.60. The van der Waals surface area contributed by atoms with Gasteiger partial charge >= 0.3 is 6.09 Å². The second-order valence-electron chi connectivity index (χ2n) is 15.0. The van der Waals surface area contributed by atoms with E-state index in [1.807, 2.05) is 53.4 Å². The molecular weight excluding hydrogens is 848 g/mol. The highest BCUT2D eigenvalue weighted by atomic mass is 79.9. The number of amides is 3. The van der Waals surface area contributed by atoms with E-state index in [2.05, 4.69) is 15.9 Å². The summed E-state index contributed by atoms with van der Waals surface area (Å²) in [6.45, 7) is 5.44. The number of carbonyl (C=O) groups excluding carboxylic acids is 4. The Hall–Kier alpha value is -3.64. The molecule has 0 N–H and O–H groups in total. The molecule has 3 amide bonds. The minimum atomic E-state index is -1.94. The molecule has 0 spiro atoms. The molecule has 2 atom stereocenters. The molecule has 2 bridgehead atoms. The fraction of sp³-hybridized carbons (Fsp3) is 0.429. The lowest BCUT2D eigenvalue weighted by Crippen LogP contribution is -2.66. The highest BCUT2D eigenvalue weighted by Gasteiger charge is 2.52. The maximum atomic E-state index is 15.2. The lowest BCUT2D eigenvalue weighted by molar-refractivity contribution is -0.136. The predicted octanol–water partition coefficient (Wildman–Crippen LogP) is 8.88. The molecule has 0 radical (unpaired) electrons. The van der Waals surface area contributed by atoms with Crippen LogP contribution in [-0.2, 0) is 38.5 Å². The number of aldehydes is 1. The number of carbonyl (C=O) groups is 4. The molecule has 6 rings (SSSR count). The van der Waals surface area contributed by atoms with E-state index in [9.17, 15) is 18.8 Å². The molecule has 56 heavy (non-hydrogen) atoms. The zero-order chi connectivity index (χ0) is 40.4. The average molecular weight is 892 g/mol. The van der Waals surface area contributed by atoms with Gasteiger partial charge in [-0.05, 0) is 102 Å². The maximum absolute atomic E-state index is 15.2. The molecule has 1 aliphatic carbocycles. The first kappa shape index (κ1) is 42.0. The minimum absolute atomic E-state index is 0.0351. The van der Waals surface area contributed by atoms with Crippen LogP contribution in [0.4, 0.5) is 9.18 Å². The standard InChI is InChI=1S/C42H44BrCl3FN3O6/c1-26(52)48-24-33-22-34(29-12-10-27(11-13-29)7-6-20-55-37-21-31(47)14-17-35(37)43)38(36(25-48)50(33)40(54)56-41(2,3)42(44,45)46)39(53)49(32-15-16-32)23-30-9-5-4-8-28(30)18-19-51/h4-5,8-14,17,19,21,32-33,36H,6-7,15-16,18,20,22-25H2,1-3H3. The van der Waals surface area contributed by atoms with Gasteiger partial charge in [0.15, 0.2) is 5.60 Å². The molecule has 3 aromatic carbocycles. The summed E-state index contributed by atoms with van der Waals surface area (Å²) >= 11 is 22.1. The number of ether oxygens (including phenoxy) is 2. The van der Waals surface area contributed by atoms with E-state index in [0.29, 0.717) is 35.2 Å². The molecule has 0 aromatic heterocycles. The second-order valence-corrected chi connectivity index (χ2v) is 18.1. The van der Waals surface area contributed by atoms with Crippen LogP contribution < -0.4 is 4.74 Å². The van der Waals surface area contributed by atoms with E-state index in [1.165, 1.54) is 32.9 Å². The third kappa shape index (κ3) is 9.55. The van der Waals surface area contributed by atoms with Crippen LogP contribution in [0.25, 0.3) is 5.57 Å². The van der Waals surface area contributed by atoms with Crippen molar-refractivity contribution in [1.82, 2.24) is 14.7 Å². The summed E-state index contributed by atoms with van der Waals surface area (Å²) in [6, 6.07) is 18.5. The number of hydrogen-bond donors (Lipinski definition) is 0. The Morgan fingerprint density at radius 1 is 1.00 bits per heavy atom. The number of benzene rings is 3. The van der Waals surface area contributed by atoms with Crippen LogP contribution in [-0.4, -0.2) is 86.1 Å². The number of aryl methyl sites for hydroxylation is 1. The Morgan fingerprint density at radius 2 is 1.70 bits per heavy atom. The number of alkyl halides is 3. The average Bonchev–Trinajstić information content (AvgIpc) is 3.99. The summed E-state index contributed by atoms with van der Waals surface area (Å²) in [5.74, 6) is -0.358. The third-order valence-corrected chi connectivity index (χ3v) is 12.7. The van der Waals surface area contributed by atoms with Crippen molar-refractivity contribution >= 4 is 80.5 Å². The molecule has 2 unspecified atom stereocenters. The van der Waals surface area contributed by atoms with Crippen molar-refractivity contribution in [2.24, 2.45) is 0 Å². The lowest BCUT2D eigenvalue weighted by atomic mass is 9.81. The molecule has 3 aliphatic rings. The van der Waals surface area contributed by atoms with E-state index < -0.39 is 27.6 Å². The molecule has 9 nitrogen and oxygen atoms in total. The van der Waals surface area contributed by atoms with Crippen LogP contribution in [0.2, 0.25) is 0 Å². The van der Waals surface area contributed by atoms with E-state index >= 15 is 4.79 Å². The zero-order valence-electron chi connectivity index (χ0n) is 31.4. The quantitative estimate of drug-likeness (QED) is 0.0968. The van der Waals surface area contributed by atoms with Crippen LogP contribution in [0.1, 0.15) is 68.7 Å². The van der Waals surface area contributed by atoms with Gasteiger partial charge in [0.1, 0.15) is 17.9 Å². The molecule has 1 saturated carbocycles. The molecule has 14 heteroatoms. The normalized spacial score (nSPS) is 18.4. The van der Waals surface area contributed by atoms with Crippen molar-refractivity contribution in [1.29, 1.82) is 0 Å².